The normalized spacial score (nSPS) is 10.8. The molecule has 1 unspecified atom stereocenters. The first-order valence-corrected chi connectivity index (χ1v) is 13.6. The molecule has 2 aromatic heterocycles. The molecule has 3 rings (SSSR count). The maximum atomic E-state index is 11.6. The molecule has 0 aliphatic heterocycles. The molecule has 7 nitrogen and oxygen atoms in total. The number of aromatic nitrogens is 2. The molecule has 31 heavy (non-hydrogen) atoms. The lowest BCUT2D eigenvalue weighted by molar-refractivity contribution is 0.0594. The quantitative estimate of drug-likeness (QED) is 0.147. The van der Waals surface area contributed by atoms with Crippen LogP contribution in [0.5, 0.6) is 5.75 Å². The minimum atomic E-state index is -0.532. The second-order valence-electron chi connectivity index (χ2n) is 6.10. The van der Waals surface area contributed by atoms with E-state index >= 15 is 0 Å². The molecule has 0 amide bonds. The van der Waals surface area contributed by atoms with Crippen LogP contribution in [0.4, 0.5) is 5.69 Å². The number of pyridine rings is 2. The number of nitrogens with zero attached hydrogens (tertiary/aromatic N) is 2. The number of hydrogen-bond acceptors (Lipinski definition) is 7. The molecule has 3 aromatic rings. The predicted octanol–water partition coefficient (Wildman–Crippen LogP) is 5.92. The van der Waals surface area contributed by atoms with Crippen molar-refractivity contribution in [3.8, 4) is 5.75 Å². The molecule has 0 spiro atoms. The van der Waals surface area contributed by atoms with E-state index in [1.807, 2.05) is 6.07 Å². The van der Waals surface area contributed by atoms with Gasteiger partial charge in [-0.3, -0.25) is 10.4 Å². The first kappa shape index (κ1) is 23.7. The number of rotatable bonds is 8. The van der Waals surface area contributed by atoms with Gasteiger partial charge >= 0.3 is 5.97 Å². The van der Waals surface area contributed by atoms with E-state index in [-0.39, 0.29) is 18.0 Å². The second kappa shape index (κ2) is 11.0. The van der Waals surface area contributed by atoms with Gasteiger partial charge in [-0.1, -0.05) is 23.2 Å². The summed E-state index contributed by atoms with van der Waals surface area (Å²) in [5.74, 6) is 0.0144. The van der Waals surface area contributed by atoms with Crippen LogP contribution in [0, 0.1) is 5.41 Å². The van der Waals surface area contributed by atoms with Gasteiger partial charge in [-0.05, 0) is 52.4 Å². The van der Waals surface area contributed by atoms with Gasteiger partial charge in [0.2, 0.25) is 0 Å². The Balaban J connectivity index is 1.87. The van der Waals surface area contributed by atoms with Gasteiger partial charge in [-0.15, -0.1) is 0 Å². The fourth-order valence-corrected chi connectivity index (χ4v) is 4.30. The molecule has 11 heteroatoms. The number of anilines is 1. The molecule has 1 atom stereocenters. The lowest BCUT2D eigenvalue weighted by atomic mass is 10.0. The molecule has 0 aliphatic carbocycles. The second-order valence-corrected chi connectivity index (χ2v) is 8.97. The van der Waals surface area contributed by atoms with E-state index in [0.717, 1.165) is 5.69 Å². The SMILES string of the molecule is COC(=O)c1ccc(C(=N)c2cc(OCc3c(Cl)cncc3Cl)ccc2NPI)cn1. The van der Waals surface area contributed by atoms with Gasteiger partial charge in [-0.25, -0.2) is 9.78 Å². The average Bonchev–Trinajstić information content (AvgIpc) is 2.79. The number of ether oxygens (including phenoxy) is 2. The zero-order valence-electron chi connectivity index (χ0n) is 16.1. The van der Waals surface area contributed by atoms with Crippen molar-refractivity contribution in [1.82, 2.24) is 9.97 Å². The monoisotopic (exact) mass is 588 g/mol. The molecule has 0 aliphatic rings. The van der Waals surface area contributed by atoms with E-state index in [1.54, 1.807) is 18.2 Å². The molecule has 0 radical (unpaired) electrons. The van der Waals surface area contributed by atoms with Crippen LogP contribution in [0.3, 0.4) is 0 Å². The summed E-state index contributed by atoms with van der Waals surface area (Å²) in [6.07, 6.45) is 4.89. The van der Waals surface area contributed by atoms with Gasteiger partial charge in [0.05, 0.1) is 22.9 Å². The zero-order valence-corrected chi connectivity index (χ0v) is 20.7. The molecule has 0 bridgehead atoms. The summed E-state index contributed by atoms with van der Waals surface area (Å²) < 4.78 is 10.5. The molecule has 160 valence electrons. The van der Waals surface area contributed by atoms with Crippen LogP contribution in [-0.2, 0) is 11.3 Å². The Morgan fingerprint density at radius 2 is 1.94 bits per heavy atom. The summed E-state index contributed by atoms with van der Waals surface area (Å²) >= 11 is 14.5. The molecule has 0 fully saturated rings. The third-order valence-electron chi connectivity index (χ3n) is 4.22. The molecule has 2 N–H and O–H groups in total. The van der Waals surface area contributed by atoms with Crippen LogP contribution < -0.4 is 9.82 Å². The van der Waals surface area contributed by atoms with E-state index in [1.165, 1.54) is 31.8 Å². The highest BCUT2D eigenvalue weighted by molar-refractivity contribution is 14.2. The van der Waals surface area contributed by atoms with Crippen LogP contribution in [0.15, 0.2) is 48.9 Å². The number of carbonyl (C=O) groups excluding carboxylic acids is 1. The van der Waals surface area contributed by atoms with E-state index in [4.69, 9.17) is 33.3 Å². The van der Waals surface area contributed by atoms with Crippen LogP contribution in [0.2, 0.25) is 10.0 Å². The summed E-state index contributed by atoms with van der Waals surface area (Å²) in [6, 6.07) is 8.59. The highest BCUT2D eigenvalue weighted by Gasteiger charge is 2.15. The van der Waals surface area contributed by atoms with Crippen LogP contribution in [0.1, 0.15) is 27.2 Å². The molecular weight excluding hydrogens is 573 g/mol. The zero-order chi connectivity index (χ0) is 22.4. The van der Waals surface area contributed by atoms with Crippen molar-refractivity contribution < 1.29 is 14.3 Å². The van der Waals surface area contributed by atoms with Gasteiger partial charge in [0.1, 0.15) is 18.1 Å². The maximum Gasteiger partial charge on any atom is 0.356 e. The smallest absolute Gasteiger partial charge is 0.356 e. The van der Waals surface area contributed by atoms with E-state index in [2.05, 4.69) is 41.8 Å². The highest BCUT2D eigenvalue weighted by Crippen LogP contribution is 2.32. The topological polar surface area (TPSA) is 97.2 Å². The van der Waals surface area contributed by atoms with Gasteiger partial charge in [0, 0.05) is 47.3 Å². The van der Waals surface area contributed by atoms with E-state index in [9.17, 15) is 4.79 Å². The van der Waals surface area contributed by atoms with Crippen molar-refractivity contribution in [2.24, 2.45) is 0 Å². The average molecular weight is 589 g/mol. The Morgan fingerprint density at radius 1 is 1.19 bits per heavy atom. The van der Waals surface area contributed by atoms with E-state index in [0.29, 0.717) is 38.9 Å². The van der Waals surface area contributed by atoms with Gasteiger partial charge in [0.25, 0.3) is 0 Å². The number of hydrogen-bond donors (Lipinski definition) is 2. The lowest BCUT2D eigenvalue weighted by Crippen LogP contribution is -2.08. The summed E-state index contributed by atoms with van der Waals surface area (Å²) in [7, 11) is 1.29. The predicted molar refractivity (Wildman–Crippen MR) is 132 cm³/mol. The number of methoxy groups -OCH3 is 1. The summed E-state index contributed by atoms with van der Waals surface area (Å²) in [6.45, 7) is 0.156. The Kier molecular flexibility index (Phi) is 8.43. The fraction of sp³-hybridized carbons (Fsp3) is 0.100. The third kappa shape index (κ3) is 5.83. The minimum absolute atomic E-state index is 0.156. The highest BCUT2D eigenvalue weighted by atomic mass is 127. The number of halogens is 3. The van der Waals surface area contributed by atoms with Crippen molar-refractivity contribution in [3.63, 3.8) is 0 Å². The molecule has 0 saturated carbocycles. The Morgan fingerprint density at radius 3 is 2.55 bits per heavy atom. The third-order valence-corrected chi connectivity index (χ3v) is 6.05. The van der Waals surface area contributed by atoms with Crippen LogP contribution in [-0.4, -0.2) is 28.8 Å². The summed E-state index contributed by atoms with van der Waals surface area (Å²) in [4.78, 5) is 19.6. The van der Waals surface area contributed by atoms with E-state index < -0.39 is 5.97 Å². The Hall–Kier alpha value is -2.00. The lowest BCUT2D eigenvalue weighted by Gasteiger charge is -2.15. The fourth-order valence-electron chi connectivity index (χ4n) is 2.63. The van der Waals surface area contributed by atoms with Crippen molar-refractivity contribution in [3.05, 3.63) is 81.4 Å². The molecule has 0 saturated heterocycles. The molecular formula is C20H16Cl2IN4O3P. The molecule has 1 aromatic carbocycles. The Labute approximate surface area is 203 Å². The minimum Gasteiger partial charge on any atom is -0.489 e. The van der Waals surface area contributed by atoms with Crippen molar-refractivity contribution in [2.45, 2.75) is 6.61 Å². The number of esters is 1. The van der Waals surface area contributed by atoms with Gasteiger partial charge in [-0.2, -0.15) is 0 Å². The van der Waals surface area contributed by atoms with Crippen molar-refractivity contribution in [2.75, 3.05) is 12.2 Å². The van der Waals surface area contributed by atoms with Crippen LogP contribution >= 0.6 is 51.6 Å². The van der Waals surface area contributed by atoms with Gasteiger partial charge in [0.15, 0.2) is 0 Å². The largest absolute Gasteiger partial charge is 0.489 e. The Bertz CT molecular complexity index is 1100. The summed E-state index contributed by atoms with van der Waals surface area (Å²) in [5, 5.41) is 12.8. The summed E-state index contributed by atoms with van der Waals surface area (Å²) in [5.41, 5.74) is 2.99. The standard InChI is InChI=1S/C20H16Cl2IN4O3P/c1-29-20(28)18-4-2-11(7-26-18)19(24)13-6-12(3-5-17(13)27-31-23)30-10-14-15(21)8-25-9-16(14)22/h2-9,24,27,31H,10H2,1H3. The first-order chi connectivity index (χ1) is 14.9. The first-order valence-electron chi connectivity index (χ1n) is 8.74. The number of benzene rings is 1. The number of nitrogens with one attached hydrogen (secondary N) is 2. The number of carbonyl (C=O) groups is 1. The molecule has 2 heterocycles. The van der Waals surface area contributed by atoms with Crippen molar-refractivity contribution >= 4 is 69.0 Å². The van der Waals surface area contributed by atoms with Crippen molar-refractivity contribution in [1.29, 1.82) is 5.41 Å². The maximum absolute atomic E-state index is 11.6. The van der Waals surface area contributed by atoms with Crippen LogP contribution in [0.25, 0.3) is 0 Å². The van der Waals surface area contributed by atoms with Gasteiger partial charge < -0.3 is 14.6 Å².